The Labute approximate surface area is 171 Å². The predicted molar refractivity (Wildman–Crippen MR) is 115 cm³/mol. The lowest BCUT2D eigenvalue weighted by molar-refractivity contribution is -0.384. The van der Waals surface area contributed by atoms with Crippen molar-refractivity contribution >= 4 is 32.9 Å². The molecule has 1 saturated heterocycles. The lowest BCUT2D eigenvalue weighted by Gasteiger charge is -2.38. The van der Waals surface area contributed by atoms with Gasteiger partial charge >= 0.3 is 0 Å². The summed E-state index contributed by atoms with van der Waals surface area (Å²) in [6.45, 7) is 8.83. The number of aromatic nitrogens is 2. The third-order valence-electron chi connectivity index (χ3n) is 5.73. The van der Waals surface area contributed by atoms with E-state index in [9.17, 15) is 14.9 Å². The van der Waals surface area contributed by atoms with E-state index in [1.165, 1.54) is 0 Å². The number of hydrogen-bond donors (Lipinski definition) is 1. The van der Waals surface area contributed by atoms with Crippen molar-refractivity contribution in [2.75, 3.05) is 31.1 Å². The van der Waals surface area contributed by atoms with Crippen molar-refractivity contribution < 1.29 is 4.92 Å². The van der Waals surface area contributed by atoms with Gasteiger partial charge < -0.3 is 9.88 Å². The Hall–Kier alpha value is -2.78. The molecule has 29 heavy (non-hydrogen) atoms. The smallest absolute Gasteiger partial charge is 0.292 e. The van der Waals surface area contributed by atoms with Crippen molar-refractivity contribution in [3.63, 3.8) is 0 Å². The highest BCUT2D eigenvalue weighted by Crippen LogP contribution is 2.30. The topological polar surface area (TPSA) is 95.4 Å². The second-order valence-electron chi connectivity index (χ2n) is 7.36. The van der Waals surface area contributed by atoms with Crippen molar-refractivity contribution in [1.82, 2.24) is 14.9 Å². The van der Waals surface area contributed by atoms with Crippen LogP contribution < -0.4 is 10.5 Å². The first-order valence-electron chi connectivity index (χ1n) is 9.59. The Morgan fingerprint density at radius 3 is 2.59 bits per heavy atom. The molecule has 1 unspecified atom stereocenters. The highest BCUT2D eigenvalue weighted by Gasteiger charge is 2.27. The van der Waals surface area contributed by atoms with Crippen LogP contribution in [0.15, 0.2) is 29.1 Å². The van der Waals surface area contributed by atoms with Gasteiger partial charge in [0.25, 0.3) is 11.2 Å². The first-order valence-corrected chi connectivity index (χ1v) is 10.4. The monoisotopic (exact) mass is 413 g/mol. The van der Waals surface area contributed by atoms with Gasteiger partial charge in [-0.05, 0) is 32.4 Å². The van der Waals surface area contributed by atoms with Crippen molar-refractivity contribution in [1.29, 1.82) is 0 Å². The summed E-state index contributed by atoms with van der Waals surface area (Å²) in [6, 6.07) is 6.81. The average Bonchev–Trinajstić information content (AvgIpc) is 3.01. The van der Waals surface area contributed by atoms with E-state index >= 15 is 0 Å². The van der Waals surface area contributed by atoms with Crippen LogP contribution in [0.5, 0.6) is 0 Å². The van der Waals surface area contributed by atoms with Gasteiger partial charge in [0.2, 0.25) is 0 Å². The van der Waals surface area contributed by atoms with E-state index in [1.54, 1.807) is 29.5 Å². The van der Waals surface area contributed by atoms with Gasteiger partial charge in [-0.25, -0.2) is 4.98 Å². The number of nitro groups is 1. The van der Waals surface area contributed by atoms with Gasteiger partial charge in [0.15, 0.2) is 0 Å². The predicted octanol–water partition coefficient (Wildman–Crippen LogP) is 3.39. The van der Waals surface area contributed by atoms with Gasteiger partial charge in [-0.1, -0.05) is 12.1 Å². The number of piperazine rings is 1. The van der Waals surface area contributed by atoms with Gasteiger partial charge in [-0.15, -0.1) is 11.3 Å². The summed E-state index contributed by atoms with van der Waals surface area (Å²) >= 11 is 1.55. The van der Waals surface area contributed by atoms with Crippen LogP contribution in [-0.2, 0) is 0 Å². The maximum Gasteiger partial charge on any atom is 0.292 e. The molecular formula is C20H23N5O3S. The molecule has 0 amide bonds. The second-order valence-corrected chi connectivity index (χ2v) is 8.56. The zero-order chi connectivity index (χ0) is 20.7. The summed E-state index contributed by atoms with van der Waals surface area (Å²) in [5.74, 6) is 0.669. The molecule has 152 valence electrons. The molecule has 4 rings (SSSR count). The number of rotatable bonds is 4. The Balaban J connectivity index is 1.53. The van der Waals surface area contributed by atoms with E-state index in [0.29, 0.717) is 30.0 Å². The number of nitro benzene ring substituents is 1. The molecule has 3 aromatic rings. The molecule has 1 aromatic carbocycles. The molecule has 1 aliphatic heterocycles. The molecule has 1 N–H and O–H groups in total. The number of aromatic amines is 1. The van der Waals surface area contributed by atoms with Crippen LogP contribution >= 0.6 is 11.3 Å². The molecule has 0 radical (unpaired) electrons. The summed E-state index contributed by atoms with van der Waals surface area (Å²) in [5, 5.41) is 12.0. The number of hydrogen-bond acceptors (Lipinski definition) is 7. The van der Waals surface area contributed by atoms with Crippen LogP contribution in [0.4, 0.5) is 11.4 Å². The van der Waals surface area contributed by atoms with Gasteiger partial charge in [-0.2, -0.15) is 0 Å². The quantitative estimate of drug-likeness (QED) is 0.520. The minimum absolute atomic E-state index is 0.0391. The van der Waals surface area contributed by atoms with Crippen LogP contribution in [0, 0.1) is 24.0 Å². The largest absolute Gasteiger partial charge is 0.363 e. The number of fused-ring (bicyclic) bond motifs is 1. The maximum absolute atomic E-state index is 12.6. The second kappa shape index (κ2) is 7.57. The molecular weight excluding hydrogens is 390 g/mol. The summed E-state index contributed by atoms with van der Waals surface area (Å²) < 4.78 is 0. The summed E-state index contributed by atoms with van der Waals surface area (Å²) in [4.78, 5) is 37.4. The lowest BCUT2D eigenvalue weighted by Crippen LogP contribution is -2.47. The van der Waals surface area contributed by atoms with E-state index < -0.39 is 0 Å². The molecule has 1 fully saturated rings. The van der Waals surface area contributed by atoms with Crippen LogP contribution in [0.1, 0.15) is 29.2 Å². The van der Waals surface area contributed by atoms with Crippen LogP contribution in [0.2, 0.25) is 0 Å². The number of nitrogens with one attached hydrogen (secondary N) is 1. The summed E-state index contributed by atoms with van der Waals surface area (Å²) in [5.41, 5.74) is 1.70. The van der Waals surface area contributed by atoms with E-state index in [0.717, 1.165) is 28.4 Å². The zero-order valence-corrected chi connectivity index (χ0v) is 17.5. The standard InChI is InChI=1S/C20H23N5O3S/c1-12-14(3)29-20-17(12)19(26)21-18(22-20)13(2)23-8-10-24(11-9-23)15-6-4-5-7-16(15)25(27)28/h4-7,13H,8-11H2,1-3H3,(H,21,22,26). The fraction of sp³-hybridized carbons (Fsp3) is 0.400. The van der Waals surface area contributed by atoms with E-state index in [1.807, 2.05) is 31.7 Å². The normalized spacial score (nSPS) is 16.3. The first kappa shape index (κ1) is 19.5. The van der Waals surface area contributed by atoms with Crippen LogP contribution in [0.3, 0.4) is 0 Å². The van der Waals surface area contributed by atoms with Gasteiger partial charge in [0.1, 0.15) is 16.3 Å². The molecule has 0 saturated carbocycles. The van der Waals surface area contributed by atoms with Crippen molar-refractivity contribution in [2.24, 2.45) is 0 Å². The molecule has 0 spiro atoms. The van der Waals surface area contributed by atoms with Crippen molar-refractivity contribution in [3.05, 3.63) is 61.0 Å². The molecule has 3 heterocycles. The SMILES string of the molecule is Cc1sc2nc(C(C)N3CCN(c4ccccc4[N+](=O)[O-])CC3)[nH]c(=O)c2c1C. The molecule has 1 atom stereocenters. The van der Waals surface area contributed by atoms with Gasteiger partial charge in [0.05, 0.1) is 16.4 Å². The average molecular weight is 414 g/mol. The lowest BCUT2D eigenvalue weighted by atomic mass is 10.1. The molecule has 2 aromatic heterocycles. The fourth-order valence-corrected chi connectivity index (χ4v) is 4.92. The highest BCUT2D eigenvalue weighted by molar-refractivity contribution is 7.18. The summed E-state index contributed by atoms with van der Waals surface area (Å²) in [6.07, 6.45) is 0. The third-order valence-corrected chi connectivity index (χ3v) is 6.84. The highest BCUT2D eigenvalue weighted by atomic mass is 32.1. The number of anilines is 1. The maximum atomic E-state index is 12.6. The van der Waals surface area contributed by atoms with Crippen LogP contribution in [-0.4, -0.2) is 46.0 Å². The molecule has 8 nitrogen and oxygen atoms in total. The number of para-hydroxylation sites is 2. The van der Waals surface area contributed by atoms with Crippen molar-refractivity contribution in [2.45, 2.75) is 26.8 Å². The first-order chi connectivity index (χ1) is 13.9. The van der Waals surface area contributed by atoms with Crippen LogP contribution in [0.25, 0.3) is 10.2 Å². The number of nitrogens with zero attached hydrogens (tertiary/aromatic N) is 4. The number of H-pyrrole nitrogens is 1. The van der Waals surface area contributed by atoms with Gasteiger partial charge in [-0.3, -0.25) is 19.8 Å². The summed E-state index contributed by atoms with van der Waals surface area (Å²) in [7, 11) is 0. The number of aryl methyl sites for hydroxylation is 2. The Kier molecular flexibility index (Phi) is 5.10. The van der Waals surface area contributed by atoms with E-state index in [4.69, 9.17) is 4.98 Å². The minimum atomic E-state index is -0.334. The minimum Gasteiger partial charge on any atom is -0.363 e. The van der Waals surface area contributed by atoms with Gasteiger partial charge in [0, 0.05) is 37.1 Å². The Bertz CT molecular complexity index is 1130. The molecule has 9 heteroatoms. The van der Waals surface area contributed by atoms with E-state index in [-0.39, 0.29) is 22.2 Å². The molecule has 0 bridgehead atoms. The Morgan fingerprint density at radius 2 is 1.90 bits per heavy atom. The third kappa shape index (κ3) is 3.51. The van der Waals surface area contributed by atoms with Crippen molar-refractivity contribution in [3.8, 4) is 0 Å². The number of benzene rings is 1. The zero-order valence-electron chi connectivity index (χ0n) is 16.6. The number of thiophene rings is 1. The molecule has 0 aliphatic carbocycles. The fourth-order valence-electron chi connectivity index (χ4n) is 3.88. The van der Waals surface area contributed by atoms with E-state index in [2.05, 4.69) is 9.88 Å². The molecule has 1 aliphatic rings. The Morgan fingerprint density at radius 1 is 1.21 bits per heavy atom.